The van der Waals surface area contributed by atoms with Gasteiger partial charge in [0.25, 0.3) is 0 Å². The number of unbranched alkanes of at least 4 members (excludes halogenated alkanes) is 34. The molecule has 1 unspecified atom stereocenters. The summed E-state index contributed by atoms with van der Waals surface area (Å²) in [7, 11) is 0. The van der Waals surface area contributed by atoms with E-state index in [1.165, 1.54) is 180 Å². The molecule has 0 aromatic rings. The van der Waals surface area contributed by atoms with Crippen molar-refractivity contribution in [3.8, 4) is 0 Å². The van der Waals surface area contributed by atoms with E-state index < -0.39 is 6.10 Å². The molecule has 0 rings (SSSR count). The van der Waals surface area contributed by atoms with E-state index >= 15 is 0 Å². The van der Waals surface area contributed by atoms with Crippen molar-refractivity contribution in [3.63, 3.8) is 0 Å². The average molecular weight is 980 g/mol. The predicted octanol–water partition coefficient (Wildman–Crippen LogP) is 20.4. The number of ether oxygens (including phenoxy) is 3. The van der Waals surface area contributed by atoms with Gasteiger partial charge >= 0.3 is 17.9 Å². The van der Waals surface area contributed by atoms with Crippen molar-refractivity contribution in [2.45, 2.75) is 316 Å². The van der Waals surface area contributed by atoms with Gasteiger partial charge in [-0.05, 0) is 77.0 Å². The van der Waals surface area contributed by atoms with Crippen LogP contribution in [-0.2, 0) is 28.6 Å². The van der Waals surface area contributed by atoms with Gasteiger partial charge in [0.2, 0.25) is 0 Å². The molecule has 0 aromatic carbocycles. The highest BCUT2D eigenvalue weighted by Crippen LogP contribution is 2.17. The maximum absolute atomic E-state index is 12.8. The Hall–Kier alpha value is -2.89. The van der Waals surface area contributed by atoms with Crippen LogP contribution in [0.4, 0.5) is 0 Å². The number of hydrogen-bond donors (Lipinski definition) is 0. The van der Waals surface area contributed by atoms with Crippen molar-refractivity contribution >= 4 is 17.9 Å². The first-order chi connectivity index (χ1) is 34.5. The van der Waals surface area contributed by atoms with Crippen LogP contribution in [0.3, 0.4) is 0 Å². The quantitative estimate of drug-likeness (QED) is 0.0261. The largest absolute Gasteiger partial charge is 0.462 e. The first-order valence-electron chi connectivity index (χ1n) is 30.3. The molecule has 0 saturated heterocycles. The molecule has 0 aliphatic heterocycles. The highest BCUT2D eigenvalue weighted by molar-refractivity contribution is 5.71. The Bertz CT molecular complexity index is 1260. The van der Waals surface area contributed by atoms with Gasteiger partial charge in [-0.1, -0.05) is 274 Å². The fraction of sp³-hybridized carbons (Fsp3) is 0.797. The molecule has 0 amide bonds. The van der Waals surface area contributed by atoms with Crippen LogP contribution in [0.5, 0.6) is 0 Å². The molecule has 0 spiro atoms. The molecule has 0 aromatic heterocycles. The molecule has 0 saturated carbocycles. The lowest BCUT2D eigenvalue weighted by molar-refractivity contribution is -0.167. The Labute approximate surface area is 434 Å². The predicted molar refractivity (Wildman–Crippen MR) is 302 cm³/mol. The summed E-state index contributed by atoms with van der Waals surface area (Å²) >= 11 is 0. The molecular weight excluding hydrogens is 865 g/mol. The minimum absolute atomic E-state index is 0.0725. The molecule has 0 aliphatic rings. The second-order valence-electron chi connectivity index (χ2n) is 20.2. The zero-order valence-electron chi connectivity index (χ0n) is 46.5. The van der Waals surface area contributed by atoms with Crippen molar-refractivity contribution in [1.82, 2.24) is 0 Å². The Morgan fingerprint density at radius 1 is 0.300 bits per heavy atom. The molecule has 0 N–H and O–H groups in total. The summed E-state index contributed by atoms with van der Waals surface area (Å²) in [5.74, 6) is -0.869. The lowest BCUT2D eigenvalue weighted by atomic mass is 10.0. The molecule has 1 atom stereocenters. The van der Waals surface area contributed by atoms with E-state index in [0.717, 1.165) is 89.9 Å². The smallest absolute Gasteiger partial charge is 0.306 e. The van der Waals surface area contributed by atoms with E-state index in [2.05, 4.69) is 81.5 Å². The third-order valence-electron chi connectivity index (χ3n) is 13.3. The van der Waals surface area contributed by atoms with Crippen LogP contribution in [-0.4, -0.2) is 37.2 Å². The molecule has 0 heterocycles. The van der Waals surface area contributed by atoms with Crippen molar-refractivity contribution < 1.29 is 28.6 Å². The van der Waals surface area contributed by atoms with Crippen LogP contribution in [0.25, 0.3) is 0 Å². The molecular formula is C64H114O6. The molecule has 0 aliphatic carbocycles. The second-order valence-corrected chi connectivity index (χ2v) is 20.2. The van der Waals surface area contributed by atoms with Gasteiger partial charge in [0, 0.05) is 19.3 Å². The minimum Gasteiger partial charge on any atom is -0.462 e. The fourth-order valence-electron chi connectivity index (χ4n) is 8.71. The van der Waals surface area contributed by atoms with Gasteiger partial charge in [0.05, 0.1) is 0 Å². The SMILES string of the molecule is CC/C=C\C/C=C\C/C=C\C/C=C\CCCCCCCCCCCCCCCCCCC(=O)OCC(COC(=O)CCCCCCC/C=C\CCCC)OC(=O)CCCCCCCCCCCCCC. The standard InChI is InChI=1S/C64H114O6/c1-4-7-10-13-16-19-22-24-25-26-27-28-29-30-31-32-33-34-35-36-37-38-39-40-43-45-48-51-54-57-63(66)69-60-61(59-68-62(65)56-53-50-47-44-41-21-18-15-12-9-6-3)70-64(67)58-55-52-49-46-42-23-20-17-14-11-8-5-2/h7,10,15-16,18-19,24-25,27-28,61H,4-6,8-9,11-14,17,20-23,26,29-60H2,1-3H3/b10-7-,18-15-,19-16-,25-24-,28-27-. The average Bonchev–Trinajstić information content (AvgIpc) is 3.36. The Balaban J connectivity index is 4.11. The number of carbonyl (C=O) groups is 3. The summed E-state index contributed by atoms with van der Waals surface area (Å²) < 4.78 is 16.8. The monoisotopic (exact) mass is 979 g/mol. The van der Waals surface area contributed by atoms with Crippen LogP contribution in [0, 0.1) is 0 Å². The number of carbonyl (C=O) groups excluding carboxylic acids is 3. The van der Waals surface area contributed by atoms with E-state index in [0.29, 0.717) is 19.3 Å². The fourth-order valence-corrected chi connectivity index (χ4v) is 8.71. The second kappa shape index (κ2) is 58.7. The summed E-state index contributed by atoms with van der Waals surface area (Å²) in [6, 6.07) is 0. The molecule has 6 heteroatoms. The highest BCUT2D eigenvalue weighted by atomic mass is 16.6. The maximum Gasteiger partial charge on any atom is 0.306 e. The molecule has 0 radical (unpaired) electrons. The number of rotatable bonds is 55. The third-order valence-corrected chi connectivity index (χ3v) is 13.3. The van der Waals surface area contributed by atoms with Gasteiger partial charge in [0.15, 0.2) is 6.10 Å². The Morgan fingerprint density at radius 2 is 0.571 bits per heavy atom. The third kappa shape index (κ3) is 56.0. The molecule has 406 valence electrons. The zero-order valence-corrected chi connectivity index (χ0v) is 46.5. The number of esters is 3. The van der Waals surface area contributed by atoms with Crippen LogP contribution < -0.4 is 0 Å². The Kier molecular flexibility index (Phi) is 56.3. The van der Waals surface area contributed by atoms with Gasteiger partial charge in [-0.3, -0.25) is 14.4 Å². The maximum atomic E-state index is 12.8. The van der Waals surface area contributed by atoms with E-state index in [1.807, 2.05) is 0 Å². The number of allylic oxidation sites excluding steroid dienone is 10. The van der Waals surface area contributed by atoms with Gasteiger partial charge in [0.1, 0.15) is 13.2 Å². The molecule has 0 bridgehead atoms. The summed E-state index contributed by atoms with van der Waals surface area (Å²) in [5, 5.41) is 0. The lowest BCUT2D eigenvalue weighted by Crippen LogP contribution is -2.30. The van der Waals surface area contributed by atoms with Crippen LogP contribution >= 0.6 is 0 Å². The normalized spacial score (nSPS) is 12.4. The van der Waals surface area contributed by atoms with Gasteiger partial charge in [-0.2, -0.15) is 0 Å². The van der Waals surface area contributed by atoms with Crippen molar-refractivity contribution in [2.24, 2.45) is 0 Å². The molecule has 70 heavy (non-hydrogen) atoms. The van der Waals surface area contributed by atoms with E-state index in [1.54, 1.807) is 0 Å². The van der Waals surface area contributed by atoms with Gasteiger partial charge < -0.3 is 14.2 Å². The van der Waals surface area contributed by atoms with E-state index in [9.17, 15) is 14.4 Å². The van der Waals surface area contributed by atoms with E-state index in [-0.39, 0.29) is 31.1 Å². The Morgan fingerprint density at radius 3 is 0.929 bits per heavy atom. The van der Waals surface area contributed by atoms with Crippen molar-refractivity contribution in [1.29, 1.82) is 0 Å². The van der Waals surface area contributed by atoms with Crippen LogP contribution in [0.1, 0.15) is 310 Å². The van der Waals surface area contributed by atoms with Crippen molar-refractivity contribution in [2.75, 3.05) is 13.2 Å². The minimum atomic E-state index is -0.772. The van der Waals surface area contributed by atoms with Crippen LogP contribution in [0.2, 0.25) is 0 Å². The van der Waals surface area contributed by atoms with Gasteiger partial charge in [-0.15, -0.1) is 0 Å². The zero-order chi connectivity index (χ0) is 50.7. The summed E-state index contributed by atoms with van der Waals surface area (Å²) in [6.45, 7) is 6.51. The van der Waals surface area contributed by atoms with Crippen LogP contribution in [0.15, 0.2) is 60.8 Å². The summed E-state index contributed by atoms with van der Waals surface area (Å²) in [5.41, 5.74) is 0. The summed E-state index contributed by atoms with van der Waals surface area (Å²) in [6.07, 6.45) is 73.8. The van der Waals surface area contributed by atoms with Gasteiger partial charge in [-0.25, -0.2) is 0 Å². The molecule has 0 fully saturated rings. The highest BCUT2D eigenvalue weighted by Gasteiger charge is 2.19. The number of hydrogen-bond acceptors (Lipinski definition) is 6. The molecule has 6 nitrogen and oxygen atoms in total. The summed E-state index contributed by atoms with van der Waals surface area (Å²) in [4.78, 5) is 38.1. The lowest BCUT2D eigenvalue weighted by Gasteiger charge is -2.18. The van der Waals surface area contributed by atoms with E-state index in [4.69, 9.17) is 14.2 Å². The first-order valence-corrected chi connectivity index (χ1v) is 30.3. The van der Waals surface area contributed by atoms with Crippen molar-refractivity contribution in [3.05, 3.63) is 60.8 Å². The topological polar surface area (TPSA) is 78.9 Å². The first kappa shape index (κ1) is 67.1.